The minimum Gasteiger partial charge on any atom is -0.399 e. The van der Waals surface area contributed by atoms with Crippen LogP contribution in [0.25, 0.3) is 0 Å². The lowest BCUT2D eigenvalue weighted by molar-refractivity contribution is 0.0747. The molecular weight excluding hydrogens is 481 g/mol. The predicted octanol–water partition coefficient (Wildman–Crippen LogP) is 6.54. The third-order valence-electron chi connectivity index (χ3n) is 4.63. The normalized spacial score (nSPS) is 12.6. The maximum absolute atomic E-state index is 12.1. The summed E-state index contributed by atoms with van der Waals surface area (Å²) >= 11 is 3.31. The predicted molar refractivity (Wildman–Crippen MR) is 143 cm³/mol. The van der Waals surface area contributed by atoms with Crippen LogP contribution in [0.2, 0.25) is 19.6 Å². The SMILES string of the molecule is CSc1ccc(C(=O)C(O)c2cccnc2)cc1.CSc1ccc(C(C#N)O[Si](C)(C)C)cc1. The molecule has 8 heteroatoms. The molecule has 0 saturated heterocycles. The molecule has 2 unspecified atom stereocenters. The number of nitriles is 1. The fraction of sp³-hybridized carbons (Fsp3) is 0.269. The number of pyridine rings is 1. The number of thioether (sulfide) groups is 2. The fourth-order valence-electron chi connectivity index (χ4n) is 2.90. The molecule has 0 saturated carbocycles. The topological polar surface area (TPSA) is 83.2 Å². The molecular formula is C26H30N2O3S2Si. The lowest BCUT2D eigenvalue weighted by Crippen LogP contribution is -2.27. The van der Waals surface area contributed by atoms with Crippen molar-refractivity contribution in [1.82, 2.24) is 4.98 Å². The Morgan fingerprint density at radius 2 is 1.53 bits per heavy atom. The van der Waals surface area contributed by atoms with Gasteiger partial charge in [-0.1, -0.05) is 30.3 Å². The molecule has 2 atom stereocenters. The second-order valence-corrected chi connectivity index (χ2v) is 14.5. The molecule has 2 aromatic carbocycles. The summed E-state index contributed by atoms with van der Waals surface area (Å²) in [5.74, 6) is -0.310. The lowest BCUT2D eigenvalue weighted by atomic mass is 10.0. The van der Waals surface area contributed by atoms with E-state index < -0.39 is 20.5 Å². The van der Waals surface area contributed by atoms with Crippen molar-refractivity contribution in [3.05, 3.63) is 89.7 Å². The monoisotopic (exact) mass is 510 g/mol. The second-order valence-electron chi connectivity index (χ2n) is 8.29. The van der Waals surface area contributed by atoms with E-state index in [1.807, 2.05) is 48.9 Å². The van der Waals surface area contributed by atoms with E-state index in [1.54, 1.807) is 54.0 Å². The van der Waals surface area contributed by atoms with E-state index in [0.717, 1.165) is 10.5 Å². The number of aromatic nitrogens is 1. The number of carbonyl (C=O) groups is 1. The molecule has 0 aliphatic carbocycles. The van der Waals surface area contributed by atoms with Crippen molar-refractivity contribution in [1.29, 1.82) is 5.26 Å². The minimum absolute atomic E-state index is 0.310. The van der Waals surface area contributed by atoms with Crippen LogP contribution in [0.1, 0.15) is 33.7 Å². The molecule has 1 N–H and O–H groups in total. The van der Waals surface area contributed by atoms with Crippen LogP contribution in [0.4, 0.5) is 0 Å². The number of hydrogen-bond acceptors (Lipinski definition) is 7. The Hall–Kier alpha value is -2.41. The molecule has 1 heterocycles. The first-order chi connectivity index (χ1) is 16.2. The highest BCUT2D eigenvalue weighted by atomic mass is 32.2. The summed E-state index contributed by atoms with van der Waals surface area (Å²) in [5.41, 5.74) is 1.96. The minimum atomic E-state index is -1.67. The maximum Gasteiger partial charge on any atom is 0.195 e. The van der Waals surface area contributed by atoms with Gasteiger partial charge in [-0.25, -0.2) is 0 Å². The van der Waals surface area contributed by atoms with E-state index in [9.17, 15) is 9.90 Å². The molecule has 3 aromatic rings. The van der Waals surface area contributed by atoms with Crippen molar-refractivity contribution in [2.24, 2.45) is 0 Å². The summed E-state index contributed by atoms with van der Waals surface area (Å²) in [6.45, 7) is 6.27. The van der Waals surface area contributed by atoms with Gasteiger partial charge in [0, 0.05) is 33.3 Å². The third kappa shape index (κ3) is 8.74. The van der Waals surface area contributed by atoms with Gasteiger partial charge in [-0.3, -0.25) is 9.78 Å². The molecule has 0 aliphatic rings. The van der Waals surface area contributed by atoms with Gasteiger partial charge < -0.3 is 9.53 Å². The number of Topliss-reactive ketones (excluding diaryl/α,β-unsaturated/α-hetero) is 1. The van der Waals surface area contributed by atoms with E-state index in [1.165, 1.54) is 11.1 Å². The zero-order valence-electron chi connectivity index (χ0n) is 20.1. The molecule has 0 bridgehead atoms. The van der Waals surface area contributed by atoms with Crippen LogP contribution in [0.3, 0.4) is 0 Å². The number of carbonyl (C=O) groups excluding carboxylic acids is 1. The van der Waals surface area contributed by atoms with Gasteiger partial charge in [-0.2, -0.15) is 5.26 Å². The van der Waals surface area contributed by atoms with Gasteiger partial charge >= 0.3 is 0 Å². The van der Waals surface area contributed by atoms with E-state index in [0.29, 0.717) is 11.1 Å². The Balaban J connectivity index is 0.000000242. The molecule has 178 valence electrons. The molecule has 0 spiro atoms. The van der Waals surface area contributed by atoms with Crippen LogP contribution in [0, 0.1) is 11.3 Å². The molecule has 0 radical (unpaired) electrons. The number of benzene rings is 2. The zero-order valence-corrected chi connectivity index (χ0v) is 22.7. The maximum atomic E-state index is 12.1. The summed E-state index contributed by atoms with van der Waals surface area (Å²) in [4.78, 5) is 18.2. The number of aliphatic hydroxyl groups is 1. The van der Waals surface area contributed by atoms with E-state index in [4.69, 9.17) is 9.69 Å². The average molecular weight is 511 g/mol. The Labute approximate surface area is 211 Å². The Kier molecular flexibility index (Phi) is 11.0. The van der Waals surface area contributed by atoms with Gasteiger partial charge in [0.15, 0.2) is 20.2 Å². The zero-order chi connectivity index (χ0) is 25.1. The molecule has 0 amide bonds. The molecule has 5 nitrogen and oxygen atoms in total. The number of rotatable bonds is 8. The van der Waals surface area contributed by atoms with Gasteiger partial charge in [-0.15, -0.1) is 23.5 Å². The lowest BCUT2D eigenvalue weighted by Gasteiger charge is -2.21. The van der Waals surface area contributed by atoms with Crippen molar-refractivity contribution in [2.45, 2.75) is 41.6 Å². The molecule has 34 heavy (non-hydrogen) atoms. The van der Waals surface area contributed by atoms with E-state index in [2.05, 4.69) is 30.7 Å². The smallest absolute Gasteiger partial charge is 0.195 e. The van der Waals surface area contributed by atoms with Crippen LogP contribution in [-0.2, 0) is 4.43 Å². The Bertz CT molecular complexity index is 1080. The summed E-state index contributed by atoms with van der Waals surface area (Å²) in [7, 11) is -1.67. The van der Waals surface area contributed by atoms with Crippen LogP contribution in [0.15, 0.2) is 82.8 Å². The van der Waals surface area contributed by atoms with Crippen LogP contribution in [-0.4, -0.2) is 36.7 Å². The number of hydrogen-bond donors (Lipinski definition) is 1. The molecule has 0 aliphatic heterocycles. The van der Waals surface area contributed by atoms with Crippen molar-refractivity contribution < 1.29 is 14.3 Å². The van der Waals surface area contributed by atoms with Gasteiger partial charge in [0.25, 0.3) is 0 Å². The summed E-state index contributed by atoms with van der Waals surface area (Å²) in [6, 6.07) is 20.8. The van der Waals surface area contributed by atoms with Gasteiger partial charge in [0.2, 0.25) is 0 Å². The first kappa shape index (κ1) is 27.8. The standard InChI is InChI=1S/C14H13NO2S.C12H17NOSSi/c1-18-12-6-4-10(5-7-12)13(16)14(17)11-3-2-8-15-9-11;1-15-11-7-5-10(6-8-11)12(9-13)14-16(2,3)4/h2-9,14,17H,1H3;5-8,12H,1-4H3. The fourth-order valence-corrected chi connectivity index (χ4v) is 4.62. The molecule has 1 aromatic heterocycles. The highest BCUT2D eigenvalue weighted by Crippen LogP contribution is 2.24. The van der Waals surface area contributed by atoms with Crippen molar-refractivity contribution in [3.63, 3.8) is 0 Å². The third-order valence-corrected chi connectivity index (χ3v) is 7.06. The summed E-state index contributed by atoms with van der Waals surface area (Å²) in [6.07, 6.45) is 5.53. The van der Waals surface area contributed by atoms with Gasteiger partial charge in [0.1, 0.15) is 6.10 Å². The summed E-state index contributed by atoms with van der Waals surface area (Å²) < 4.78 is 5.82. The highest BCUT2D eigenvalue weighted by molar-refractivity contribution is 7.98. The van der Waals surface area contributed by atoms with Gasteiger partial charge in [-0.05, 0) is 68.0 Å². The molecule has 0 fully saturated rings. The largest absolute Gasteiger partial charge is 0.399 e. The first-order valence-electron chi connectivity index (χ1n) is 10.7. The second kappa shape index (κ2) is 13.5. The Morgan fingerprint density at radius 1 is 0.971 bits per heavy atom. The van der Waals surface area contributed by atoms with Gasteiger partial charge in [0.05, 0.1) is 6.07 Å². The van der Waals surface area contributed by atoms with E-state index in [-0.39, 0.29) is 5.78 Å². The van der Waals surface area contributed by atoms with Crippen LogP contribution in [0.5, 0.6) is 0 Å². The first-order valence-corrected chi connectivity index (χ1v) is 16.5. The highest BCUT2D eigenvalue weighted by Gasteiger charge is 2.22. The quantitative estimate of drug-likeness (QED) is 0.209. The molecule has 3 rings (SSSR count). The van der Waals surface area contributed by atoms with Crippen molar-refractivity contribution >= 4 is 37.6 Å². The number of nitrogens with zero attached hydrogens (tertiary/aromatic N) is 2. The average Bonchev–Trinajstić information content (AvgIpc) is 2.87. The van der Waals surface area contributed by atoms with Crippen molar-refractivity contribution in [2.75, 3.05) is 12.5 Å². The van der Waals surface area contributed by atoms with Crippen molar-refractivity contribution in [3.8, 4) is 6.07 Å². The number of aliphatic hydroxyl groups excluding tert-OH is 1. The number of ketones is 1. The summed E-state index contributed by atoms with van der Waals surface area (Å²) in [5, 5.41) is 19.1. The van der Waals surface area contributed by atoms with Crippen LogP contribution < -0.4 is 0 Å². The Morgan fingerprint density at radius 3 is 1.97 bits per heavy atom. The van der Waals surface area contributed by atoms with Crippen LogP contribution >= 0.6 is 23.5 Å². The van der Waals surface area contributed by atoms with E-state index >= 15 is 0 Å².